The molecule has 86 valence electrons. The zero-order valence-electron chi connectivity index (χ0n) is 9.35. The molecule has 1 amide bonds. The fourth-order valence-corrected chi connectivity index (χ4v) is 2.30. The number of nitrogens with zero attached hydrogens (tertiary/aromatic N) is 1. The summed E-state index contributed by atoms with van der Waals surface area (Å²) in [6, 6.07) is 7.88. The molecule has 1 aromatic rings. The second-order valence-electron chi connectivity index (χ2n) is 4.03. The van der Waals surface area contributed by atoms with E-state index in [1.165, 1.54) is 4.90 Å². The zero-order chi connectivity index (χ0) is 11.5. The lowest BCUT2D eigenvalue weighted by atomic mass is 10.2. The molecule has 0 bridgehead atoms. The minimum absolute atomic E-state index is 0.0978. The number of carbonyl (C=O) groups excluding carboxylic acids is 1. The number of hydrogen-bond donors (Lipinski definition) is 1. The van der Waals surface area contributed by atoms with Gasteiger partial charge in [0, 0.05) is 29.6 Å². The van der Waals surface area contributed by atoms with Crippen LogP contribution in [0.3, 0.4) is 0 Å². The maximum Gasteiger partial charge on any atom is 0.253 e. The molecule has 1 fully saturated rings. The number of rotatable bonds is 2. The van der Waals surface area contributed by atoms with Crippen LogP contribution in [-0.4, -0.2) is 36.2 Å². The Bertz CT molecular complexity index is 377. The van der Waals surface area contributed by atoms with Crippen molar-refractivity contribution in [3.8, 4) is 0 Å². The van der Waals surface area contributed by atoms with E-state index >= 15 is 0 Å². The Morgan fingerprint density at radius 2 is 2.12 bits per heavy atom. The van der Waals surface area contributed by atoms with Gasteiger partial charge in [-0.1, -0.05) is 0 Å². The van der Waals surface area contributed by atoms with Crippen LogP contribution in [0.25, 0.3) is 0 Å². The lowest BCUT2D eigenvalue weighted by molar-refractivity contribution is 0.0791. The molecule has 1 aromatic carbocycles. The summed E-state index contributed by atoms with van der Waals surface area (Å²) in [5.74, 6) is 0.0978. The van der Waals surface area contributed by atoms with E-state index in [1.807, 2.05) is 35.4 Å². The van der Waals surface area contributed by atoms with Crippen molar-refractivity contribution in [2.75, 3.05) is 19.3 Å². The van der Waals surface area contributed by atoms with Crippen LogP contribution in [-0.2, 0) is 0 Å². The van der Waals surface area contributed by atoms with E-state index in [2.05, 4.69) is 0 Å². The third-order valence-electron chi connectivity index (χ3n) is 2.85. The number of nitrogens with two attached hydrogens (primary N) is 1. The number of benzene rings is 1. The largest absolute Gasteiger partial charge is 0.337 e. The second-order valence-corrected chi connectivity index (χ2v) is 4.91. The van der Waals surface area contributed by atoms with E-state index in [-0.39, 0.29) is 11.9 Å². The topological polar surface area (TPSA) is 46.3 Å². The van der Waals surface area contributed by atoms with Gasteiger partial charge < -0.3 is 10.6 Å². The summed E-state index contributed by atoms with van der Waals surface area (Å²) in [5.41, 5.74) is 6.55. The molecule has 2 N–H and O–H groups in total. The maximum absolute atomic E-state index is 12.1. The monoisotopic (exact) mass is 236 g/mol. The van der Waals surface area contributed by atoms with E-state index in [1.54, 1.807) is 11.8 Å². The highest BCUT2D eigenvalue weighted by atomic mass is 32.2. The third-order valence-corrected chi connectivity index (χ3v) is 3.59. The molecule has 0 aromatic heterocycles. The Morgan fingerprint density at radius 1 is 1.44 bits per heavy atom. The predicted molar refractivity (Wildman–Crippen MR) is 66.7 cm³/mol. The van der Waals surface area contributed by atoms with E-state index in [4.69, 9.17) is 5.73 Å². The van der Waals surface area contributed by atoms with Gasteiger partial charge >= 0.3 is 0 Å². The predicted octanol–water partition coefficient (Wildman–Crippen LogP) is 1.58. The molecule has 0 radical (unpaired) electrons. The molecule has 1 aliphatic rings. The van der Waals surface area contributed by atoms with Crippen LogP contribution in [0.5, 0.6) is 0 Å². The molecule has 1 atom stereocenters. The molecule has 0 saturated carbocycles. The SMILES string of the molecule is CSc1ccc(C(=O)N2CCC(N)C2)cc1. The summed E-state index contributed by atoms with van der Waals surface area (Å²) < 4.78 is 0. The first-order valence-corrected chi connectivity index (χ1v) is 6.62. The van der Waals surface area contributed by atoms with Crippen molar-refractivity contribution in [1.82, 2.24) is 4.90 Å². The van der Waals surface area contributed by atoms with Crippen molar-refractivity contribution in [1.29, 1.82) is 0 Å². The van der Waals surface area contributed by atoms with Crippen LogP contribution in [0.1, 0.15) is 16.8 Å². The minimum atomic E-state index is 0.0978. The lowest BCUT2D eigenvalue weighted by Gasteiger charge is -2.15. The molecule has 1 aliphatic heterocycles. The van der Waals surface area contributed by atoms with Crippen molar-refractivity contribution < 1.29 is 4.79 Å². The first-order valence-electron chi connectivity index (χ1n) is 5.39. The van der Waals surface area contributed by atoms with Gasteiger partial charge in [0.25, 0.3) is 5.91 Å². The van der Waals surface area contributed by atoms with Crippen LogP contribution < -0.4 is 5.73 Å². The van der Waals surface area contributed by atoms with Crippen LogP contribution in [0.4, 0.5) is 0 Å². The Balaban J connectivity index is 2.08. The Labute approximate surface area is 100.0 Å². The quantitative estimate of drug-likeness (QED) is 0.793. The van der Waals surface area contributed by atoms with E-state index in [0.29, 0.717) is 6.54 Å². The molecule has 2 rings (SSSR count). The summed E-state index contributed by atoms with van der Waals surface area (Å²) >= 11 is 1.68. The molecule has 0 aliphatic carbocycles. The van der Waals surface area contributed by atoms with Gasteiger partial charge in [0.2, 0.25) is 0 Å². The lowest BCUT2D eigenvalue weighted by Crippen LogP contribution is -2.31. The summed E-state index contributed by atoms with van der Waals surface area (Å²) in [5, 5.41) is 0. The first kappa shape index (κ1) is 11.5. The van der Waals surface area contributed by atoms with Gasteiger partial charge in [-0.25, -0.2) is 0 Å². The first-order chi connectivity index (χ1) is 7.70. The van der Waals surface area contributed by atoms with Crippen LogP contribution >= 0.6 is 11.8 Å². The van der Waals surface area contributed by atoms with Crippen LogP contribution in [0.15, 0.2) is 29.2 Å². The standard InChI is InChI=1S/C12H16N2OS/c1-16-11-4-2-9(3-5-11)12(15)14-7-6-10(13)8-14/h2-5,10H,6-8,13H2,1H3. The van der Waals surface area contributed by atoms with Crippen molar-refractivity contribution in [2.24, 2.45) is 5.73 Å². The molecular weight excluding hydrogens is 220 g/mol. The highest BCUT2D eigenvalue weighted by Crippen LogP contribution is 2.17. The zero-order valence-corrected chi connectivity index (χ0v) is 10.2. The van der Waals surface area contributed by atoms with Gasteiger partial charge in [-0.15, -0.1) is 11.8 Å². The average molecular weight is 236 g/mol. The highest BCUT2D eigenvalue weighted by molar-refractivity contribution is 7.98. The smallest absolute Gasteiger partial charge is 0.253 e. The Hall–Kier alpha value is -1.00. The van der Waals surface area contributed by atoms with E-state index in [0.717, 1.165) is 18.5 Å². The molecular formula is C12H16N2OS. The summed E-state index contributed by atoms with van der Waals surface area (Å²) in [4.78, 5) is 15.1. The molecule has 3 nitrogen and oxygen atoms in total. The number of carbonyl (C=O) groups is 1. The molecule has 16 heavy (non-hydrogen) atoms. The van der Waals surface area contributed by atoms with Crippen molar-refractivity contribution in [2.45, 2.75) is 17.4 Å². The average Bonchev–Trinajstić information content (AvgIpc) is 2.75. The van der Waals surface area contributed by atoms with Gasteiger partial charge in [-0.3, -0.25) is 4.79 Å². The second kappa shape index (κ2) is 4.89. The summed E-state index contributed by atoms with van der Waals surface area (Å²) in [6.07, 6.45) is 2.94. The van der Waals surface area contributed by atoms with Gasteiger partial charge in [0.05, 0.1) is 0 Å². The van der Waals surface area contributed by atoms with Crippen LogP contribution in [0, 0.1) is 0 Å². The van der Waals surface area contributed by atoms with Crippen molar-refractivity contribution in [3.05, 3.63) is 29.8 Å². The number of amides is 1. The fraction of sp³-hybridized carbons (Fsp3) is 0.417. The summed E-state index contributed by atoms with van der Waals surface area (Å²) in [7, 11) is 0. The minimum Gasteiger partial charge on any atom is -0.337 e. The van der Waals surface area contributed by atoms with Gasteiger partial charge in [-0.05, 0) is 36.9 Å². The fourth-order valence-electron chi connectivity index (χ4n) is 1.89. The molecule has 1 saturated heterocycles. The molecule has 1 unspecified atom stereocenters. The third kappa shape index (κ3) is 2.39. The number of thioether (sulfide) groups is 1. The van der Waals surface area contributed by atoms with Crippen molar-refractivity contribution >= 4 is 17.7 Å². The van der Waals surface area contributed by atoms with Gasteiger partial charge in [-0.2, -0.15) is 0 Å². The normalized spacial score (nSPS) is 20.1. The Kier molecular flexibility index (Phi) is 3.51. The van der Waals surface area contributed by atoms with Crippen molar-refractivity contribution in [3.63, 3.8) is 0 Å². The highest BCUT2D eigenvalue weighted by Gasteiger charge is 2.24. The Morgan fingerprint density at radius 3 is 2.62 bits per heavy atom. The summed E-state index contributed by atoms with van der Waals surface area (Å²) in [6.45, 7) is 1.47. The molecule has 1 heterocycles. The van der Waals surface area contributed by atoms with Crippen LogP contribution in [0.2, 0.25) is 0 Å². The van der Waals surface area contributed by atoms with E-state index < -0.39 is 0 Å². The van der Waals surface area contributed by atoms with E-state index in [9.17, 15) is 4.79 Å². The van der Waals surface area contributed by atoms with Gasteiger partial charge in [0.1, 0.15) is 0 Å². The molecule has 4 heteroatoms. The number of likely N-dealkylation sites (tertiary alicyclic amines) is 1. The van der Waals surface area contributed by atoms with Gasteiger partial charge in [0.15, 0.2) is 0 Å². The maximum atomic E-state index is 12.1. The molecule has 0 spiro atoms. The number of hydrogen-bond acceptors (Lipinski definition) is 3.